The maximum absolute atomic E-state index is 13.9. The van der Waals surface area contributed by atoms with Crippen LogP contribution in [0.3, 0.4) is 0 Å². The fraction of sp³-hybridized carbons (Fsp3) is 0.355. The molecule has 2 amide bonds. The molecule has 0 aliphatic heterocycles. The van der Waals surface area contributed by atoms with Crippen LogP contribution < -0.4 is 5.32 Å². The molecule has 3 aromatic carbocycles. The van der Waals surface area contributed by atoms with Crippen molar-refractivity contribution >= 4 is 21.8 Å². The molecule has 0 saturated heterocycles. The number of sulfonamides is 1. The number of nitrogens with zero attached hydrogens (tertiary/aromatic N) is 2. The normalized spacial score (nSPS) is 12.4. The predicted octanol–water partition coefficient (Wildman–Crippen LogP) is 4.34. The van der Waals surface area contributed by atoms with E-state index in [2.05, 4.69) is 5.32 Å². The van der Waals surface area contributed by atoms with Gasteiger partial charge in [-0.2, -0.15) is 4.31 Å². The van der Waals surface area contributed by atoms with E-state index in [1.165, 1.54) is 24.1 Å². The summed E-state index contributed by atoms with van der Waals surface area (Å²) in [6.07, 6.45) is 0.302. The standard InChI is InChI=1S/C31H39N3O4S/c1-23(2)20-32-31(36)29(19-26-12-7-6-8-13-26)34(21-27-14-10-9-11-25(27)4)30(35)22-33(5)39(37,38)28-17-15-24(3)16-18-28/h6-18,23,29H,19-22H2,1-5H3,(H,32,36). The van der Waals surface area contributed by atoms with E-state index in [1.807, 2.05) is 82.3 Å². The number of benzene rings is 3. The summed E-state index contributed by atoms with van der Waals surface area (Å²) in [5.41, 5.74) is 3.72. The molecule has 0 aliphatic carbocycles. The molecule has 0 fully saturated rings. The lowest BCUT2D eigenvalue weighted by Gasteiger charge is -2.33. The number of nitrogens with one attached hydrogen (secondary N) is 1. The molecule has 3 aromatic rings. The van der Waals surface area contributed by atoms with E-state index in [-0.39, 0.29) is 23.3 Å². The van der Waals surface area contributed by atoms with Gasteiger partial charge in [-0.3, -0.25) is 9.59 Å². The zero-order valence-electron chi connectivity index (χ0n) is 23.4. The summed E-state index contributed by atoms with van der Waals surface area (Å²) < 4.78 is 27.6. The van der Waals surface area contributed by atoms with Crippen molar-refractivity contribution in [3.05, 3.63) is 101 Å². The number of hydrogen-bond acceptors (Lipinski definition) is 4. The Morgan fingerprint density at radius 2 is 1.49 bits per heavy atom. The highest BCUT2D eigenvalue weighted by atomic mass is 32.2. The minimum Gasteiger partial charge on any atom is -0.354 e. The highest BCUT2D eigenvalue weighted by Gasteiger charge is 2.33. The molecule has 1 N–H and O–H groups in total. The summed E-state index contributed by atoms with van der Waals surface area (Å²) in [5, 5.41) is 2.99. The largest absolute Gasteiger partial charge is 0.354 e. The Balaban J connectivity index is 1.97. The fourth-order valence-corrected chi connectivity index (χ4v) is 5.32. The molecule has 208 valence electrons. The maximum atomic E-state index is 13.9. The van der Waals surface area contributed by atoms with Crippen LogP contribution in [0.1, 0.15) is 36.1 Å². The van der Waals surface area contributed by atoms with E-state index in [4.69, 9.17) is 0 Å². The van der Waals surface area contributed by atoms with Gasteiger partial charge in [-0.1, -0.05) is 86.1 Å². The van der Waals surface area contributed by atoms with Gasteiger partial charge in [0.15, 0.2) is 0 Å². The van der Waals surface area contributed by atoms with Gasteiger partial charge in [0.25, 0.3) is 0 Å². The molecular formula is C31H39N3O4S. The van der Waals surface area contributed by atoms with Gasteiger partial charge in [-0.25, -0.2) is 8.42 Å². The number of aryl methyl sites for hydroxylation is 2. The lowest BCUT2D eigenvalue weighted by Crippen LogP contribution is -2.53. The Morgan fingerprint density at radius 1 is 0.872 bits per heavy atom. The SMILES string of the molecule is Cc1ccc(S(=O)(=O)N(C)CC(=O)N(Cc2ccccc2C)C(Cc2ccccc2)C(=O)NCC(C)C)cc1. The van der Waals surface area contributed by atoms with Crippen molar-refractivity contribution in [2.75, 3.05) is 20.1 Å². The zero-order chi connectivity index (χ0) is 28.6. The van der Waals surface area contributed by atoms with Crippen molar-refractivity contribution in [1.29, 1.82) is 0 Å². The smallest absolute Gasteiger partial charge is 0.243 e. The first-order valence-electron chi connectivity index (χ1n) is 13.2. The third-order valence-corrected chi connectivity index (χ3v) is 8.46. The van der Waals surface area contributed by atoms with E-state index in [9.17, 15) is 18.0 Å². The quantitative estimate of drug-likeness (QED) is 0.364. The summed E-state index contributed by atoms with van der Waals surface area (Å²) in [5.74, 6) is -0.478. The summed E-state index contributed by atoms with van der Waals surface area (Å²) in [6, 6.07) is 22.9. The lowest BCUT2D eigenvalue weighted by atomic mass is 10.0. The van der Waals surface area contributed by atoms with Crippen molar-refractivity contribution in [3.8, 4) is 0 Å². The summed E-state index contributed by atoms with van der Waals surface area (Å²) in [7, 11) is -2.51. The summed E-state index contributed by atoms with van der Waals surface area (Å²) in [4.78, 5) is 29.1. The van der Waals surface area contributed by atoms with Gasteiger partial charge < -0.3 is 10.2 Å². The fourth-order valence-electron chi connectivity index (χ4n) is 4.20. The Labute approximate surface area is 232 Å². The molecule has 7 nitrogen and oxygen atoms in total. The molecule has 0 heterocycles. The van der Waals surface area contributed by atoms with Crippen LogP contribution in [-0.4, -0.2) is 55.6 Å². The van der Waals surface area contributed by atoms with E-state index < -0.39 is 28.5 Å². The third kappa shape index (κ3) is 8.25. The molecule has 1 atom stereocenters. The van der Waals surface area contributed by atoms with Crippen LogP contribution in [-0.2, 0) is 32.6 Å². The second kappa shape index (κ2) is 13.5. The minimum absolute atomic E-state index is 0.115. The average Bonchev–Trinajstić information content (AvgIpc) is 2.91. The Morgan fingerprint density at radius 3 is 2.10 bits per heavy atom. The monoisotopic (exact) mass is 549 g/mol. The highest BCUT2D eigenvalue weighted by molar-refractivity contribution is 7.89. The van der Waals surface area contributed by atoms with Crippen molar-refractivity contribution < 1.29 is 18.0 Å². The van der Waals surface area contributed by atoms with E-state index in [0.717, 1.165) is 26.6 Å². The maximum Gasteiger partial charge on any atom is 0.243 e. The second-order valence-electron chi connectivity index (χ2n) is 10.4. The summed E-state index contributed by atoms with van der Waals surface area (Å²) >= 11 is 0. The van der Waals surface area contributed by atoms with Crippen LogP contribution in [0.25, 0.3) is 0 Å². The van der Waals surface area contributed by atoms with E-state index >= 15 is 0 Å². The molecule has 0 bridgehead atoms. The topological polar surface area (TPSA) is 86.8 Å². The van der Waals surface area contributed by atoms with Crippen molar-refractivity contribution in [1.82, 2.24) is 14.5 Å². The predicted molar refractivity (Wildman–Crippen MR) is 155 cm³/mol. The lowest BCUT2D eigenvalue weighted by molar-refractivity contribution is -0.141. The van der Waals surface area contributed by atoms with Crippen LogP contribution in [0, 0.1) is 19.8 Å². The molecule has 8 heteroatoms. The first-order valence-corrected chi connectivity index (χ1v) is 14.6. The number of likely N-dealkylation sites (N-methyl/N-ethyl adjacent to an activating group) is 1. The first-order chi connectivity index (χ1) is 18.5. The molecule has 0 aromatic heterocycles. The van der Waals surface area contributed by atoms with Crippen molar-refractivity contribution in [2.45, 2.75) is 51.6 Å². The van der Waals surface area contributed by atoms with Crippen LogP contribution in [0.15, 0.2) is 83.8 Å². The van der Waals surface area contributed by atoms with Crippen LogP contribution in [0.2, 0.25) is 0 Å². The van der Waals surface area contributed by atoms with Gasteiger partial charge in [-0.15, -0.1) is 0 Å². The van der Waals surface area contributed by atoms with Gasteiger partial charge in [0, 0.05) is 26.6 Å². The average molecular weight is 550 g/mol. The Bertz CT molecular complexity index is 1360. The third-order valence-electron chi connectivity index (χ3n) is 6.64. The second-order valence-corrected chi connectivity index (χ2v) is 12.4. The molecule has 0 saturated carbocycles. The molecule has 1 unspecified atom stereocenters. The Hall–Kier alpha value is -3.49. The molecule has 0 aliphatic rings. The van der Waals surface area contributed by atoms with Gasteiger partial charge in [0.2, 0.25) is 21.8 Å². The minimum atomic E-state index is -3.91. The van der Waals surface area contributed by atoms with Gasteiger partial charge in [0.1, 0.15) is 6.04 Å². The first kappa shape index (κ1) is 30.1. The zero-order valence-corrected chi connectivity index (χ0v) is 24.2. The molecular weight excluding hydrogens is 510 g/mol. The Kier molecular flexibility index (Phi) is 10.4. The number of carbonyl (C=O) groups excluding carboxylic acids is 2. The molecule has 0 spiro atoms. The number of amides is 2. The van der Waals surface area contributed by atoms with E-state index in [1.54, 1.807) is 12.1 Å². The molecule has 0 radical (unpaired) electrons. The van der Waals surface area contributed by atoms with Crippen molar-refractivity contribution in [3.63, 3.8) is 0 Å². The van der Waals surface area contributed by atoms with Crippen LogP contribution in [0.5, 0.6) is 0 Å². The van der Waals surface area contributed by atoms with Crippen LogP contribution in [0.4, 0.5) is 0 Å². The highest BCUT2D eigenvalue weighted by Crippen LogP contribution is 2.20. The number of rotatable bonds is 12. The van der Waals surface area contributed by atoms with Gasteiger partial charge in [0.05, 0.1) is 11.4 Å². The van der Waals surface area contributed by atoms with Crippen molar-refractivity contribution in [2.24, 2.45) is 5.92 Å². The summed E-state index contributed by atoms with van der Waals surface area (Å²) in [6.45, 7) is 8.10. The number of carbonyl (C=O) groups is 2. The van der Waals surface area contributed by atoms with E-state index in [0.29, 0.717) is 13.0 Å². The number of hydrogen-bond donors (Lipinski definition) is 1. The van der Waals surface area contributed by atoms with Crippen LogP contribution >= 0.6 is 0 Å². The molecule has 3 rings (SSSR count). The van der Waals surface area contributed by atoms with Gasteiger partial charge >= 0.3 is 0 Å². The van der Waals surface area contributed by atoms with Gasteiger partial charge in [-0.05, 0) is 48.6 Å². The molecule has 39 heavy (non-hydrogen) atoms.